The highest BCUT2D eigenvalue weighted by Gasteiger charge is 2.27. The van der Waals surface area contributed by atoms with Crippen LogP contribution in [0.15, 0.2) is 47.6 Å². The van der Waals surface area contributed by atoms with E-state index in [0.717, 1.165) is 43.0 Å². The van der Waals surface area contributed by atoms with Gasteiger partial charge in [-0.05, 0) is 49.1 Å². The third kappa shape index (κ3) is 4.44. The second kappa shape index (κ2) is 8.26. The van der Waals surface area contributed by atoms with Crippen molar-refractivity contribution in [2.24, 2.45) is 5.10 Å². The minimum absolute atomic E-state index is 0.135. The van der Waals surface area contributed by atoms with Gasteiger partial charge in [-0.15, -0.1) is 0 Å². The summed E-state index contributed by atoms with van der Waals surface area (Å²) in [7, 11) is 2.10. The lowest BCUT2D eigenvalue weighted by atomic mass is 9.95. The molecule has 2 aliphatic heterocycles. The lowest BCUT2D eigenvalue weighted by molar-refractivity contribution is 0.205. The maximum absolute atomic E-state index is 9.88. The predicted molar refractivity (Wildman–Crippen MR) is 116 cm³/mol. The van der Waals surface area contributed by atoms with Gasteiger partial charge in [0.25, 0.3) is 0 Å². The summed E-state index contributed by atoms with van der Waals surface area (Å²) in [4.78, 5) is 4.39. The number of thiocarbonyl (C=S) groups is 1. The summed E-state index contributed by atoms with van der Waals surface area (Å²) in [6, 6.07) is 11.9. The Balaban J connectivity index is 1.56. The molecule has 0 amide bonds. The number of benzene rings is 2. The molecule has 1 atom stereocenters. The molecule has 2 heterocycles. The Bertz CT molecular complexity index is 924. The van der Waals surface area contributed by atoms with Crippen LogP contribution in [0.3, 0.4) is 0 Å². The van der Waals surface area contributed by atoms with Gasteiger partial charge in [0.1, 0.15) is 23.4 Å². The fourth-order valence-electron chi connectivity index (χ4n) is 3.50. The van der Waals surface area contributed by atoms with E-state index < -0.39 is 0 Å². The quantitative estimate of drug-likeness (QED) is 0.516. The van der Waals surface area contributed by atoms with Crippen molar-refractivity contribution in [2.75, 3.05) is 33.2 Å². The van der Waals surface area contributed by atoms with E-state index in [1.54, 1.807) is 30.3 Å². The Labute approximate surface area is 175 Å². The normalized spacial score (nSPS) is 20.8. The summed E-state index contributed by atoms with van der Waals surface area (Å²) in [5.74, 6) is 0.909. The first kappa shape index (κ1) is 19.5. The van der Waals surface area contributed by atoms with E-state index in [1.807, 2.05) is 12.1 Å². The van der Waals surface area contributed by atoms with Crippen LogP contribution < -0.4 is 10.2 Å². The molecule has 0 saturated carbocycles. The number of hydrogen-bond donors (Lipinski definition) is 3. The highest BCUT2D eigenvalue weighted by molar-refractivity contribution is 7.80. The van der Waals surface area contributed by atoms with Crippen molar-refractivity contribution in [3.63, 3.8) is 0 Å². The van der Waals surface area contributed by atoms with E-state index in [-0.39, 0.29) is 17.6 Å². The first-order valence-corrected chi connectivity index (χ1v) is 9.99. The molecule has 1 unspecified atom stereocenters. The molecule has 8 heteroatoms. The molecular weight excluding hydrogens is 388 g/mol. The van der Waals surface area contributed by atoms with Crippen molar-refractivity contribution in [3.8, 4) is 17.2 Å². The van der Waals surface area contributed by atoms with E-state index in [2.05, 4.69) is 27.4 Å². The van der Waals surface area contributed by atoms with Gasteiger partial charge in [-0.2, -0.15) is 5.10 Å². The smallest absolute Gasteiger partial charge is 0.189 e. The summed E-state index contributed by atoms with van der Waals surface area (Å²) in [6.07, 6.45) is 0.267. The highest BCUT2D eigenvalue weighted by Crippen LogP contribution is 2.37. The SMILES string of the molecule is CN1CCN(C(=S)N/N=C2\CC(c3ccc(O)cc3)Oc3cc(O)ccc32)CC1. The summed E-state index contributed by atoms with van der Waals surface area (Å²) >= 11 is 5.53. The largest absolute Gasteiger partial charge is 0.508 e. The molecule has 2 aliphatic rings. The number of fused-ring (bicyclic) bond motifs is 1. The average Bonchev–Trinajstić information content (AvgIpc) is 2.72. The minimum Gasteiger partial charge on any atom is -0.508 e. The minimum atomic E-state index is -0.275. The number of phenolic OH excluding ortho intramolecular Hbond substituents is 2. The van der Waals surface area contributed by atoms with Gasteiger partial charge < -0.3 is 24.7 Å². The van der Waals surface area contributed by atoms with Gasteiger partial charge in [0.15, 0.2) is 5.11 Å². The molecule has 4 rings (SSSR count). The van der Waals surface area contributed by atoms with Gasteiger partial charge in [-0.25, -0.2) is 0 Å². The number of nitrogens with one attached hydrogen (secondary N) is 1. The van der Waals surface area contributed by atoms with Crippen molar-refractivity contribution in [2.45, 2.75) is 12.5 Å². The third-order valence-electron chi connectivity index (χ3n) is 5.27. The molecule has 7 nitrogen and oxygen atoms in total. The number of piperazine rings is 1. The van der Waals surface area contributed by atoms with Crippen LogP contribution in [0.4, 0.5) is 0 Å². The Morgan fingerprint density at radius 2 is 1.76 bits per heavy atom. The second-order valence-corrected chi connectivity index (χ2v) is 7.74. The summed E-state index contributed by atoms with van der Waals surface area (Å²) < 4.78 is 6.10. The number of aromatic hydroxyl groups is 2. The average molecular weight is 413 g/mol. The van der Waals surface area contributed by atoms with E-state index in [1.165, 1.54) is 0 Å². The fourth-order valence-corrected chi connectivity index (χ4v) is 3.73. The van der Waals surface area contributed by atoms with Crippen molar-refractivity contribution in [1.82, 2.24) is 15.2 Å². The van der Waals surface area contributed by atoms with Crippen molar-refractivity contribution in [3.05, 3.63) is 53.6 Å². The van der Waals surface area contributed by atoms with Crippen molar-refractivity contribution >= 4 is 23.0 Å². The second-order valence-electron chi connectivity index (χ2n) is 7.35. The molecule has 0 bridgehead atoms. The summed E-state index contributed by atoms with van der Waals surface area (Å²) in [5.41, 5.74) is 5.60. The maximum Gasteiger partial charge on any atom is 0.189 e. The van der Waals surface area contributed by atoms with Gasteiger partial charge >= 0.3 is 0 Å². The number of likely N-dealkylation sites (N-methyl/N-ethyl adjacent to an activating group) is 1. The Morgan fingerprint density at radius 1 is 1.07 bits per heavy atom. The lowest BCUT2D eigenvalue weighted by Crippen LogP contribution is -2.49. The zero-order valence-electron chi connectivity index (χ0n) is 16.2. The van der Waals surface area contributed by atoms with E-state index >= 15 is 0 Å². The van der Waals surface area contributed by atoms with Crippen LogP contribution in [-0.2, 0) is 0 Å². The lowest BCUT2D eigenvalue weighted by Gasteiger charge is -2.33. The molecule has 0 radical (unpaired) electrons. The molecule has 152 valence electrons. The van der Waals surface area contributed by atoms with Crippen LogP contribution in [0.2, 0.25) is 0 Å². The van der Waals surface area contributed by atoms with Gasteiger partial charge in [0, 0.05) is 44.2 Å². The molecule has 2 aromatic carbocycles. The molecule has 29 heavy (non-hydrogen) atoms. The van der Waals surface area contributed by atoms with Crippen LogP contribution in [0.5, 0.6) is 17.2 Å². The molecule has 0 aromatic heterocycles. The molecule has 2 aromatic rings. The number of ether oxygens (including phenoxy) is 1. The zero-order chi connectivity index (χ0) is 20.4. The van der Waals surface area contributed by atoms with Crippen LogP contribution in [0.25, 0.3) is 0 Å². The van der Waals surface area contributed by atoms with Crippen LogP contribution >= 0.6 is 12.2 Å². The highest BCUT2D eigenvalue weighted by atomic mass is 32.1. The number of hydrazone groups is 1. The molecule has 1 saturated heterocycles. The third-order valence-corrected chi connectivity index (χ3v) is 5.62. The molecular formula is C21H24N4O3S. The first-order valence-electron chi connectivity index (χ1n) is 9.58. The standard InChI is InChI=1S/C21H24N4O3S/c1-24-8-10-25(11-9-24)21(29)23-22-18-13-19(14-2-4-15(26)5-3-14)28-20-12-16(27)6-7-17(18)20/h2-7,12,19,26-27H,8-11,13H2,1H3,(H,23,29)/b22-18+. The molecule has 0 aliphatic carbocycles. The van der Waals surface area contributed by atoms with Crippen LogP contribution in [-0.4, -0.2) is 64.1 Å². The molecule has 3 N–H and O–H groups in total. The van der Waals surface area contributed by atoms with Gasteiger partial charge in [0.2, 0.25) is 0 Å². The first-order chi connectivity index (χ1) is 14.0. The monoisotopic (exact) mass is 412 g/mol. The van der Waals surface area contributed by atoms with E-state index in [0.29, 0.717) is 17.3 Å². The van der Waals surface area contributed by atoms with E-state index in [9.17, 15) is 10.2 Å². The van der Waals surface area contributed by atoms with Crippen LogP contribution in [0.1, 0.15) is 23.7 Å². The molecule has 0 spiro atoms. The van der Waals surface area contributed by atoms with Gasteiger partial charge in [-0.1, -0.05) is 12.1 Å². The summed E-state index contributed by atoms with van der Waals surface area (Å²) in [5, 5.41) is 24.6. The number of rotatable bonds is 2. The topological polar surface area (TPSA) is 80.6 Å². The Kier molecular flexibility index (Phi) is 5.55. The van der Waals surface area contributed by atoms with Crippen LogP contribution in [0, 0.1) is 0 Å². The Hall–Kier alpha value is -2.84. The van der Waals surface area contributed by atoms with E-state index in [4.69, 9.17) is 17.0 Å². The van der Waals surface area contributed by atoms with Crippen molar-refractivity contribution in [1.29, 1.82) is 0 Å². The van der Waals surface area contributed by atoms with Crippen molar-refractivity contribution < 1.29 is 14.9 Å². The maximum atomic E-state index is 9.88. The van der Waals surface area contributed by atoms with Gasteiger partial charge in [-0.3, -0.25) is 5.43 Å². The summed E-state index contributed by atoms with van der Waals surface area (Å²) in [6.45, 7) is 3.68. The predicted octanol–water partition coefficient (Wildman–Crippen LogP) is 2.45. The Morgan fingerprint density at radius 3 is 2.48 bits per heavy atom. The zero-order valence-corrected chi connectivity index (χ0v) is 17.0. The number of nitrogens with zero attached hydrogens (tertiary/aromatic N) is 3. The fraction of sp³-hybridized carbons (Fsp3) is 0.333. The van der Waals surface area contributed by atoms with Gasteiger partial charge in [0.05, 0.1) is 5.71 Å². The molecule has 1 fully saturated rings. The number of hydrogen-bond acceptors (Lipinski definition) is 6. The number of phenols is 2.